The Morgan fingerprint density at radius 1 is 1.13 bits per heavy atom. The maximum atomic E-state index is 12.2. The molecule has 0 radical (unpaired) electrons. The van der Waals surface area contributed by atoms with Crippen LogP contribution in [-0.2, 0) is 10.0 Å². The van der Waals surface area contributed by atoms with Crippen molar-refractivity contribution < 1.29 is 13.3 Å². The molecule has 1 atom stereocenters. The lowest BCUT2D eigenvalue weighted by Crippen LogP contribution is -2.27. The van der Waals surface area contributed by atoms with Crippen LogP contribution in [0.4, 0.5) is 5.69 Å². The maximum Gasteiger partial charge on any atom is 0.269 e. The maximum absolute atomic E-state index is 12.2. The van der Waals surface area contributed by atoms with Gasteiger partial charge in [0.2, 0.25) is 10.0 Å². The van der Waals surface area contributed by atoms with E-state index in [0.717, 1.165) is 5.56 Å². The minimum atomic E-state index is -3.62. The average Bonchev–Trinajstić information content (AvgIpc) is 2.53. The van der Waals surface area contributed by atoms with E-state index < -0.39 is 14.9 Å². The highest BCUT2D eigenvalue weighted by molar-refractivity contribution is 7.89. The van der Waals surface area contributed by atoms with E-state index in [1.807, 2.05) is 6.92 Å². The van der Waals surface area contributed by atoms with Gasteiger partial charge in [-0.05, 0) is 35.7 Å². The Morgan fingerprint density at radius 3 is 2.22 bits per heavy atom. The van der Waals surface area contributed by atoms with Crippen molar-refractivity contribution in [3.8, 4) is 0 Å². The number of nitro groups is 1. The van der Waals surface area contributed by atoms with Gasteiger partial charge in [0.1, 0.15) is 0 Å². The molecule has 0 aliphatic carbocycles. The van der Waals surface area contributed by atoms with E-state index in [1.54, 1.807) is 12.1 Å². The molecule has 1 unspecified atom stereocenters. The second-order valence-corrected chi connectivity index (χ2v) is 7.26. The summed E-state index contributed by atoms with van der Waals surface area (Å²) in [5.74, 6) is -0.127. The Hall–Kier alpha value is -1.96. The highest BCUT2D eigenvalue weighted by Crippen LogP contribution is 2.20. The highest BCUT2D eigenvalue weighted by Gasteiger charge is 2.16. The number of halogens is 1. The summed E-state index contributed by atoms with van der Waals surface area (Å²) in [6.45, 7) is 2.02. The van der Waals surface area contributed by atoms with Crippen LogP contribution in [0.15, 0.2) is 53.4 Å². The predicted molar refractivity (Wildman–Crippen MR) is 88.2 cm³/mol. The Bertz CT molecular complexity index is 789. The molecule has 0 heterocycles. The standard InChI is InChI=1S/C15H15ClN2O4S/c1-11(12-2-6-14(7-3-12)18(19)20)10-17-23(21,22)15-8-4-13(16)5-9-15/h2-9,11,17H,10H2,1H3. The lowest BCUT2D eigenvalue weighted by Gasteiger charge is -2.13. The topological polar surface area (TPSA) is 89.3 Å². The number of hydrogen-bond donors (Lipinski definition) is 1. The van der Waals surface area contributed by atoms with Crippen molar-refractivity contribution in [2.75, 3.05) is 6.54 Å². The number of nitro benzene ring substituents is 1. The number of non-ortho nitro benzene ring substituents is 1. The van der Waals surface area contributed by atoms with Crippen molar-refractivity contribution in [3.63, 3.8) is 0 Å². The van der Waals surface area contributed by atoms with Gasteiger partial charge in [-0.15, -0.1) is 0 Å². The Labute approximate surface area is 139 Å². The summed E-state index contributed by atoms with van der Waals surface area (Å²) >= 11 is 5.74. The number of rotatable bonds is 6. The first-order chi connectivity index (χ1) is 10.8. The molecule has 0 aliphatic rings. The summed E-state index contributed by atoms with van der Waals surface area (Å²) < 4.78 is 26.9. The van der Waals surface area contributed by atoms with Crippen LogP contribution < -0.4 is 4.72 Å². The van der Waals surface area contributed by atoms with Crippen molar-refractivity contribution in [1.29, 1.82) is 0 Å². The molecule has 2 aromatic rings. The van der Waals surface area contributed by atoms with Gasteiger partial charge in [-0.1, -0.05) is 30.7 Å². The van der Waals surface area contributed by atoms with Gasteiger partial charge < -0.3 is 0 Å². The lowest BCUT2D eigenvalue weighted by atomic mass is 10.0. The van der Waals surface area contributed by atoms with Crippen molar-refractivity contribution in [3.05, 3.63) is 69.2 Å². The molecular formula is C15H15ClN2O4S. The van der Waals surface area contributed by atoms with E-state index >= 15 is 0 Å². The molecular weight excluding hydrogens is 340 g/mol. The fourth-order valence-corrected chi connectivity index (χ4v) is 3.23. The highest BCUT2D eigenvalue weighted by atomic mass is 35.5. The first-order valence-corrected chi connectivity index (χ1v) is 8.65. The summed E-state index contributed by atoms with van der Waals surface area (Å²) in [6, 6.07) is 11.9. The zero-order valence-corrected chi connectivity index (χ0v) is 13.8. The summed E-state index contributed by atoms with van der Waals surface area (Å²) in [7, 11) is -3.62. The van der Waals surface area contributed by atoms with Gasteiger partial charge in [-0.3, -0.25) is 10.1 Å². The Balaban J connectivity index is 2.04. The second-order valence-electron chi connectivity index (χ2n) is 5.06. The van der Waals surface area contributed by atoms with Crippen LogP contribution in [0.3, 0.4) is 0 Å². The summed E-state index contributed by atoms with van der Waals surface area (Å²) in [6.07, 6.45) is 0. The van der Waals surface area contributed by atoms with Gasteiger partial charge in [-0.25, -0.2) is 13.1 Å². The molecule has 8 heteroatoms. The second kappa shape index (κ2) is 7.08. The van der Waals surface area contributed by atoms with Crippen molar-refractivity contribution >= 4 is 27.3 Å². The van der Waals surface area contributed by atoms with E-state index in [-0.39, 0.29) is 23.0 Å². The molecule has 6 nitrogen and oxygen atoms in total. The van der Waals surface area contributed by atoms with E-state index in [4.69, 9.17) is 11.6 Å². The Kier molecular flexibility index (Phi) is 5.35. The lowest BCUT2D eigenvalue weighted by molar-refractivity contribution is -0.384. The minimum Gasteiger partial charge on any atom is -0.258 e. The van der Waals surface area contributed by atoms with Gasteiger partial charge in [0.25, 0.3) is 5.69 Å². The van der Waals surface area contributed by atoms with Crippen LogP contribution in [0.5, 0.6) is 0 Å². The summed E-state index contributed by atoms with van der Waals surface area (Å²) in [5, 5.41) is 11.1. The van der Waals surface area contributed by atoms with E-state index in [2.05, 4.69) is 4.72 Å². The molecule has 0 spiro atoms. The molecule has 0 aromatic heterocycles. The van der Waals surface area contributed by atoms with Gasteiger partial charge in [0.05, 0.1) is 9.82 Å². The zero-order valence-electron chi connectivity index (χ0n) is 12.3. The average molecular weight is 355 g/mol. The molecule has 2 rings (SSSR count). The first kappa shape index (κ1) is 17.4. The van der Waals surface area contributed by atoms with Gasteiger partial charge in [0.15, 0.2) is 0 Å². The van der Waals surface area contributed by atoms with Crippen LogP contribution >= 0.6 is 11.6 Å². The van der Waals surface area contributed by atoms with E-state index in [9.17, 15) is 18.5 Å². The quantitative estimate of drug-likeness (QED) is 0.636. The summed E-state index contributed by atoms with van der Waals surface area (Å²) in [4.78, 5) is 10.3. The largest absolute Gasteiger partial charge is 0.269 e. The molecule has 0 fully saturated rings. The smallest absolute Gasteiger partial charge is 0.258 e. The molecule has 0 aliphatic heterocycles. The molecule has 0 saturated carbocycles. The van der Waals surface area contributed by atoms with Gasteiger partial charge in [-0.2, -0.15) is 0 Å². The molecule has 0 saturated heterocycles. The number of hydrogen-bond acceptors (Lipinski definition) is 4. The zero-order chi connectivity index (χ0) is 17.0. The molecule has 0 bridgehead atoms. The first-order valence-electron chi connectivity index (χ1n) is 6.79. The fraction of sp³-hybridized carbons (Fsp3) is 0.200. The monoisotopic (exact) mass is 354 g/mol. The predicted octanol–water partition coefficient (Wildman–Crippen LogP) is 3.33. The normalized spacial score (nSPS) is 12.8. The van der Waals surface area contributed by atoms with Crippen LogP contribution in [0.25, 0.3) is 0 Å². The minimum absolute atomic E-state index is 0.00250. The van der Waals surface area contributed by atoms with Crippen LogP contribution in [0, 0.1) is 10.1 Å². The molecule has 2 aromatic carbocycles. The number of benzene rings is 2. The summed E-state index contributed by atoms with van der Waals surface area (Å²) in [5.41, 5.74) is 0.817. The third-order valence-corrected chi connectivity index (χ3v) is 5.07. The van der Waals surface area contributed by atoms with E-state index in [0.29, 0.717) is 5.02 Å². The van der Waals surface area contributed by atoms with E-state index in [1.165, 1.54) is 36.4 Å². The Morgan fingerprint density at radius 2 is 1.70 bits per heavy atom. The SMILES string of the molecule is CC(CNS(=O)(=O)c1ccc(Cl)cc1)c1ccc([N+](=O)[O-])cc1. The van der Waals surface area contributed by atoms with Gasteiger partial charge in [0, 0.05) is 23.7 Å². The fourth-order valence-electron chi connectivity index (χ4n) is 1.97. The molecule has 23 heavy (non-hydrogen) atoms. The third-order valence-electron chi connectivity index (χ3n) is 3.38. The molecule has 122 valence electrons. The number of nitrogens with zero attached hydrogens (tertiary/aromatic N) is 1. The molecule has 0 amide bonds. The molecule has 1 N–H and O–H groups in total. The van der Waals surface area contributed by atoms with Crippen LogP contribution in [0.2, 0.25) is 5.02 Å². The van der Waals surface area contributed by atoms with Crippen LogP contribution in [-0.4, -0.2) is 19.9 Å². The van der Waals surface area contributed by atoms with Gasteiger partial charge >= 0.3 is 0 Å². The van der Waals surface area contributed by atoms with Crippen LogP contribution in [0.1, 0.15) is 18.4 Å². The number of nitrogens with one attached hydrogen (secondary N) is 1. The van der Waals surface area contributed by atoms with Crippen molar-refractivity contribution in [2.24, 2.45) is 0 Å². The van der Waals surface area contributed by atoms with Crippen molar-refractivity contribution in [2.45, 2.75) is 17.7 Å². The number of sulfonamides is 1. The van der Waals surface area contributed by atoms with Crippen molar-refractivity contribution in [1.82, 2.24) is 4.72 Å². The third kappa shape index (κ3) is 4.51.